The van der Waals surface area contributed by atoms with Crippen LogP contribution in [0.25, 0.3) is 0 Å². The Bertz CT molecular complexity index is 245. The molecule has 0 aromatic rings. The molecule has 64 valence electrons. The third kappa shape index (κ3) is 2.49. The fraction of sp³-hybridized carbons (Fsp3) is 0.833. The van der Waals surface area contributed by atoms with Gasteiger partial charge in [-0.05, 0) is 13.3 Å². The summed E-state index contributed by atoms with van der Waals surface area (Å²) in [6, 6.07) is 0.0243. The number of nitrogens with zero attached hydrogens (tertiary/aromatic N) is 1. The molecule has 1 aliphatic rings. The van der Waals surface area contributed by atoms with Crippen LogP contribution in [0.1, 0.15) is 13.3 Å². The monoisotopic (exact) mass is 176 g/mol. The third-order valence-electron chi connectivity index (χ3n) is 1.62. The maximum absolute atomic E-state index is 10.9. The SMILES string of the molecule is C/C=N/NC1CCS(=O)(=O)C1. The van der Waals surface area contributed by atoms with Crippen molar-refractivity contribution in [3.05, 3.63) is 0 Å². The van der Waals surface area contributed by atoms with Gasteiger partial charge in [0, 0.05) is 6.21 Å². The van der Waals surface area contributed by atoms with Crippen molar-refractivity contribution in [3.8, 4) is 0 Å². The molecular formula is C6H12N2O2S. The van der Waals surface area contributed by atoms with Crippen LogP contribution in [0.4, 0.5) is 0 Å². The predicted molar refractivity (Wildman–Crippen MR) is 44.4 cm³/mol. The normalized spacial score (nSPS) is 29.4. The predicted octanol–water partition coefficient (Wildman–Crippen LogP) is -0.231. The first-order chi connectivity index (χ1) is 5.14. The number of hydrazone groups is 1. The van der Waals surface area contributed by atoms with Crippen LogP contribution in [0, 0.1) is 0 Å². The molecule has 0 amide bonds. The van der Waals surface area contributed by atoms with Crippen molar-refractivity contribution in [2.45, 2.75) is 19.4 Å². The zero-order valence-corrected chi connectivity index (χ0v) is 7.26. The van der Waals surface area contributed by atoms with Crippen LogP contribution < -0.4 is 5.43 Å². The highest BCUT2D eigenvalue weighted by atomic mass is 32.2. The highest BCUT2D eigenvalue weighted by Gasteiger charge is 2.27. The van der Waals surface area contributed by atoms with Crippen LogP contribution in [-0.2, 0) is 9.84 Å². The maximum Gasteiger partial charge on any atom is 0.152 e. The number of nitrogens with one attached hydrogen (secondary N) is 1. The molecule has 1 saturated heterocycles. The molecule has 1 atom stereocenters. The summed E-state index contributed by atoms with van der Waals surface area (Å²) in [4.78, 5) is 0. The topological polar surface area (TPSA) is 58.5 Å². The molecule has 1 fully saturated rings. The van der Waals surface area contributed by atoms with Gasteiger partial charge < -0.3 is 5.43 Å². The van der Waals surface area contributed by atoms with E-state index in [1.165, 1.54) is 0 Å². The Hall–Kier alpha value is -0.580. The summed E-state index contributed by atoms with van der Waals surface area (Å²) in [5.74, 6) is 0.522. The van der Waals surface area contributed by atoms with Crippen LogP contribution >= 0.6 is 0 Å². The van der Waals surface area contributed by atoms with E-state index in [4.69, 9.17) is 0 Å². The van der Waals surface area contributed by atoms with Crippen molar-refractivity contribution < 1.29 is 8.42 Å². The molecule has 4 nitrogen and oxygen atoms in total. The summed E-state index contributed by atoms with van der Waals surface area (Å²) in [6.45, 7) is 1.79. The molecule has 0 bridgehead atoms. The summed E-state index contributed by atoms with van der Waals surface area (Å²) in [7, 11) is -2.76. The third-order valence-corrected chi connectivity index (χ3v) is 3.39. The average Bonchev–Trinajstić information content (AvgIpc) is 2.26. The van der Waals surface area contributed by atoms with Crippen molar-refractivity contribution in [2.75, 3.05) is 11.5 Å². The van der Waals surface area contributed by atoms with Crippen molar-refractivity contribution in [3.63, 3.8) is 0 Å². The minimum Gasteiger partial charge on any atom is -0.306 e. The quantitative estimate of drug-likeness (QED) is 0.467. The average molecular weight is 176 g/mol. The Balaban J connectivity index is 2.43. The molecular weight excluding hydrogens is 164 g/mol. The highest BCUT2D eigenvalue weighted by molar-refractivity contribution is 7.91. The molecule has 5 heteroatoms. The van der Waals surface area contributed by atoms with Gasteiger partial charge in [0.15, 0.2) is 9.84 Å². The smallest absolute Gasteiger partial charge is 0.152 e. The van der Waals surface area contributed by atoms with Gasteiger partial charge in [0.25, 0.3) is 0 Å². The molecule has 1 aliphatic heterocycles. The Labute approximate surface area is 66.6 Å². The van der Waals surface area contributed by atoms with Gasteiger partial charge in [-0.1, -0.05) is 0 Å². The van der Waals surface area contributed by atoms with Crippen LogP contribution in [-0.4, -0.2) is 32.2 Å². The number of hydrogen-bond donors (Lipinski definition) is 1. The van der Waals surface area contributed by atoms with E-state index in [1.807, 2.05) is 0 Å². The summed E-state index contributed by atoms with van der Waals surface area (Å²) >= 11 is 0. The Morgan fingerprint density at radius 3 is 2.82 bits per heavy atom. The summed E-state index contributed by atoms with van der Waals surface area (Å²) < 4.78 is 21.8. The maximum atomic E-state index is 10.9. The van der Waals surface area contributed by atoms with Crippen molar-refractivity contribution >= 4 is 16.1 Å². The van der Waals surface area contributed by atoms with E-state index >= 15 is 0 Å². The molecule has 0 aromatic heterocycles. The second-order valence-corrected chi connectivity index (χ2v) is 4.85. The highest BCUT2D eigenvalue weighted by Crippen LogP contribution is 2.10. The number of rotatable bonds is 2. The van der Waals surface area contributed by atoms with Gasteiger partial charge in [-0.25, -0.2) is 8.42 Å². The van der Waals surface area contributed by atoms with Gasteiger partial charge in [-0.2, -0.15) is 5.10 Å². The zero-order chi connectivity index (χ0) is 8.32. The number of sulfone groups is 1. The van der Waals surface area contributed by atoms with E-state index in [-0.39, 0.29) is 11.8 Å². The summed E-state index contributed by atoms with van der Waals surface area (Å²) in [6.07, 6.45) is 2.30. The lowest BCUT2D eigenvalue weighted by Gasteiger charge is -2.04. The number of hydrogen-bond acceptors (Lipinski definition) is 4. The molecule has 1 heterocycles. The van der Waals surface area contributed by atoms with Crippen molar-refractivity contribution in [1.82, 2.24) is 5.43 Å². The van der Waals surface area contributed by atoms with Crippen molar-refractivity contribution in [2.24, 2.45) is 5.10 Å². The molecule has 11 heavy (non-hydrogen) atoms. The van der Waals surface area contributed by atoms with E-state index in [0.29, 0.717) is 12.2 Å². The fourth-order valence-corrected chi connectivity index (χ4v) is 2.74. The molecule has 1 N–H and O–H groups in total. The van der Waals surface area contributed by atoms with Crippen molar-refractivity contribution in [1.29, 1.82) is 0 Å². The van der Waals surface area contributed by atoms with Gasteiger partial charge >= 0.3 is 0 Å². The van der Waals surface area contributed by atoms with Gasteiger partial charge in [-0.15, -0.1) is 0 Å². The molecule has 0 radical (unpaired) electrons. The lowest BCUT2D eigenvalue weighted by Crippen LogP contribution is -2.25. The summed E-state index contributed by atoms with van der Waals surface area (Å²) in [5, 5.41) is 3.78. The second-order valence-electron chi connectivity index (χ2n) is 2.62. The van der Waals surface area contributed by atoms with Crippen LogP contribution in [0.3, 0.4) is 0 Å². The molecule has 0 aliphatic carbocycles. The molecule has 0 aromatic carbocycles. The Morgan fingerprint density at radius 1 is 1.64 bits per heavy atom. The first kappa shape index (κ1) is 8.52. The second kappa shape index (κ2) is 3.21. The fourth-order valence-electron chi connectivity index (χ4n) is 1.08. The lowest BCUT2D eigenvalue weighted by molar-refractivity contribution is 0.578. The van der Waals surface area contributed by atoms with Crippen LogP contribution in [0.2, 0.25) is 0 Å². The first-order valence-corrected chi connectivity index (χ1v) is 5.40. The minimum atomic E-state index is -2.76. The van der Waals surface area contributed by atoms with E-state index in [9.17, 15) is 8.42 Å². The van der Waals surface area contributed by atoms with Gasteiger partial charge in [-0.3, -0.25) is 0 Å². The first-order valence-electron chi connectivity index (χ1n) is 3.58. The standard InChI is InChI=1S/C6H12N2O2S/c1-2-7-8-6-3-4-11(9,10)5-6/h2,6,8H,3-5H2,1H3/b7-2+. The van der Waals surface area contributed by atoms with Crippen LogP contribution in [0.5, 0.6) is 0 Å². The van der Waals surface area contributed by atoms with E-state index in [1.54, 1.807) is 13.1 Å². The van der Waals surface area contributed by atoms with Gasteiger partial charge in [0.05, 0.1) is 17.5 Å². The lowest BCUT2D eigenvalue weighted by atomic mass is 10.3. The van der Waals surface area contributed by atoms with Gasteiger partial charge in [0.2, 0.25) is 0 Å². The van der Waals surface area contributed by atoms with Gasteiger partial charge in [0.1, 0.15) is 0 Å². The summed E-state index contributed by atoms with van der Waals surface area (Å²) in [5.41, 5.74) is 2.78. The minimum absolute atomic E-state index is 0.0243. The van der Waals surface area contributed by atoms with Crippen LogP contribution in [0.15, 0.2) is 5.10 Å². The zero-order valence-electron chi connectivity index (χ0n) is 6.45. The Kier molecular flexibility index (Phi) is 2.49. The molecule has 1 unspecified atom stereocenters. The largest absolute Gasteiger partial charge is 0.306 e. The Morgan fingerprint density at radius 2 is 2.36 bits per heavy atom. The molecule has 0 spiro atoms. The van der Waals surface area contributed by atoms with E-state index in [2.05, 4.69) is 10.5 Å². The molecule has 1 rings (SSSR count). The van der Waals surface area contributed by atoms with E-state index < -0.39 is 9.84 Å². The van der Waals surface area contributed by atoms with E-state index in [0.717, 1.165) is 0 Å². The molecule has 0 saturated carbocycles.